The van der Waals surface area contributed by atoms with Crippen molar-refractivity contribution in [3.63, 3.8) is 0 Å². The van der Waals surface area contributed by atoms with Crippen LogP contribution in [0.1, 0.15) is 18.1 Å². The summed E-state index contributed by atoms with van der Waals surface area (Å²) >= 11 is 0. The Balaban J connectivity index is 1.87. The Morgan fingerprint density at radius 2 is 1.53 bits per heavy atom. The van der Waals surface area contributed by atoms with E-state index in [0.717, 1.165) is 0 Å². The lowest BCUT2D eigenvalue weighted by molar-refractivity contribution is 0.00897. The quantitative estimate of drug-likeness (QED) is 0.416. The van der Waals surface area contributed by atoms with Crippen LogP contribution in [0, 0.1) is 0 Å². The molecule has 0 spiro atoms. The Morgan fingerprint density at radius 3 is 2.22 bits per heavy atom. The monoisotopic (exact) mass is 437 g/mol. The molecule has 0 aliphatic rings. The number of hydrogen-bond acceptors (Lipinski definition) is 6. The van der Waals surface area contributed by atoms with E-state index in [2.05, 4.69) is 5.32 Å². The van der Waals surface area contributed by atoms with Crippen LogP contribution in [0.2, 0.25) is 0 Å². The zero-order valence-corrected chi connectivity index (χ0v) is 17.6. The molecule has 0 aromatic heterocycles. The summed E-state index contributed by atoms with van der Waals surface area (Å²) < 4.78 is 17.4. The molecule has 0 aliphatic heterocycles. The number of carbonyl (C=O) groups is 1. The van der Waals surface area contributed by atoms with Crippen molar-refractivity contribution >= 4 is 11.8 Å². The molecular formula is C25H27NO6. The highest BCUT2D eigenvalue weighted by Crippen LogP contribution is 2.30. The zero-order chi connectivity index (χ0) is 22.6. The summed E-state index contributed by atoms with van der Waals surface area (Å²) in [6.07, 6.45) is -1.90. The van der Waals surface area contributed by atoms with E-state index in [1.165, 1.54) is 0 Å². The Morgan fingerprint density at radius 1 is 0.844 bits per heavy atom. The van der Waals surface area contributed by atoms with Crippen LogP contribution >= 0.6 is 0 Å². The SMILES string of the molecule is O=C(Nc1ccccc1)O[C@@H](c1cccc(OCCO)c1)[C@H](CCO)Oc1ccccc1. The van der Waals surface area contributed by atoms with E-state index in [-0.39, 0.29) is 26.2 Å². The van der Waals surface area contributed by atoms with Crippen LogP contribution < -0.4 is 14.8 Å². The van der Waals surface area contributed by atoms with Gasteiger partial charge in [0.25, 0.3) is 0 Å². The molecule has 1 amide bonds. The average molecular weight is 437 g/mol. The lowest BCUT2D eigenvalue weighted by atomic mass is 10.0. The standard InChI is InChI=1S/C25H27NO6/c27-15-14-23(31-21-11-5-2-6-12-21)24(19-8-7-13-22(18-19)30-17-16-28)32-25(29)26-20-9-3-1-4-10-20/h1-13,18,23-24,27-28H,14-17H2,(H,26,29)/t23-,24-/m0/s1. The molecular weight excluding hydrogens is 410 g/mol. The van der Waals surface area contributed by atoms with E-state index < -0.39 is 18.3 Å². The number of benzene rings is 3. The largest absolute Gasteiger partial charge is 0.491 e. The summed E-state index contributed by atoms with van der Waals surface area (Å²) in [7, 11) is 0. The van der Waals surface area contributed by atoms with Crippen molar-refractivity contribution in [3.05, 3.63) is 90.5 Å². The molecule has 3 aromatic carbocycles. The Bertz CT molecular complexity index is 951. The van der Waals surface area contributed by atoms with Crippen molar-refractivity contribution in [2.75, 3.05) is 25.1 Å². The fourth-order valence-electron chi connectivity index (χ4n) is 3.16. The average Bonchev–Trinajstić information content (AvgIpc) is 2.82. The minimum Gasteiger partial charge on any atom is -0.491 e. The van der Waals surface area contributed by atoms with Gasteiger partial charge in [-0.15, -0.1) is 0 Å². The fourth-order valence-corrected chi connectivity index (χ4v) is 3.16. The Labute approximate surface area is 187 Å². The molecule has 2 atom stereocenters. The molecule has 0 radical (unpaired) electrons. The maximum atomic E-state index is 12.7. The van der Waals surface area contributed by atoms with Gasteiger partial charge in [-0.3, -0.25) is 5.32 Å². The molecule has 168 valence electrons. The van der Waals surface area contributed by atoms with Crippen molar-refractivity contribution in [2.45, 2.75) is 18.6 Å². The molecule has 32 heavy (non-hydrogen) atoms. The van der Waals surface area contributed by atoms with E-state index >= 15 is 0 Å². The number of rotatable bonds is 11. The topological polar surface area (TPSA) is 97.3 Å². The molecule has 3 N–H and O–H groups in total. The van der Waals surface area contributed by atoms with Crippen LogP contribution in [0.5, 0.6) is 11.5 Å². The molecule has 0 heterocycles. The van der Waals surface area contributed by atoms with Gasteiger partial charge in [-0.05, 0) is 42.0 Å². The first kappa shape index (κ1) is 23.1. The highest BCUT2D eigenvalue weighted by atomic mass is 16.6. The molecule has 0 aliphatic carbocycles. The summed E-state index contributed by atoms with van der Waals surface area (Å²) in [5.41, 5.74) is 1.23. The summed E-state index contributed by atoms with van der Waals surface area (Å²) in [5, 5.41) is 21.4. The van der Waals surface area contributed by atoms with Crippen molar-refractivity contribution in [2.24, 2.45) is 0 Å². The van der Waals surface area contributed by atoms with Crippen molar-refractivity contribution in [3.8, 4) is 11.5 Å². The van der Waals surface area contributed by atoms with Crippen LogP contribution in [-0.2, 0) is 4.74 Å². The van der Waals surface area contributed by atoms with E-state index in [1.54, 1.807) is 48.5 Å². The smallest absolute Gasteiger partial charge is 0.412 e. The van der Waals surface area contributed by atoms with Gasteiger partial charge < -0.3 is 24.4 Å². The minimum absolute atomic E-state index is 0.117. The van der Waals surface area contributed by atoms with Crippen LogP contribution in [0.25, 0.3) is 0 Å². The second kappa shape index (κ2) is 12.3. The first-order valence-electron chi connectivity index (χ1n) is 10.4. The normalized spacial score (nSPS) is 12.4. The third-order valence-corrected chi connectivity index (χ3v) is 4.58. The summed E-state index contributed by atoms with van der Waals surface area (Å²) in [6.45, 7) is -0.129. The number of amides is 1. The zero-order valence-electron chi connectivity index (χ0n) is 17.6. The lowest BCUT2D eigenvalue weighted by Gasteiger charge is -2.28. The molecule has 3 aromatic rings. The van der Waals surface area contributed by atoms with Crippen molar-refractivity contribution < 1.29 is 29.2 Å². The predicted octanol–water partition coefficient (Wildman–Crippen LogP) is 4.18. The van der Waals surface area contributed by atoms with Gasteiger partial charge in [0, 0.05) is 18.7 Å². The van der Waals surface area contributed by atoms with E-state index in [0.29, 0.717) is 22.7 Å². The van der Waals surface area contributed by atoms with E-state index in [9.17, 15) is 9.90 Å². The first-order valence-corrected chi connectivity index (χ1v) is 10.4. The molecule has 7 nitrogen and oxygen atoms in total. The molecule has 0 unspecified atom stereocenters. The van der Waals surface area contributed by atoms with Crippen molar-refractivity contribution in [1.82, 2.24) is 0 Å². The van der Waals surface area contributed by atoms with Crippen LogP contribution in [0.4, 0.5) is 10.5 Å². The highest BCUT2D eigenvalue weighted by Gasteiger charge is 2.29. The minimum atomic E-state index is -0.830. The summed E-state index contributed by atoms with van der Waals surface area (Å²) in [4.78, 5) is 12.7. The molecule has 3 rings (SSSR count). The Kier molecular flexibility index (Phi) is 8.92. The summed E-state index contributed by atoms with van der Waals surface area (Å²) in [5.74, 6) is 1.12. The van der Waals surface area contributed by atoms with E-state index in [4.69, 9.17) is 19.3 Å². The van der Waals surface area contributed by atoms with Crippen LogP contribution in [0.3, 0.4) is 0 Å². The van der Waals surface area contributed by atoms with Gasteiger partial charge in [0.15, 0.2) is 6.10 Å². The number of para-hydroxylation sites is 2. The maximum Gasteiger partial charge on any atom is 0.412 e. The van der Waals surface area contributed by atoms with Gasteiger partial charge >= 0.3 is 6.09 Å². The van der Waals surface area contributed by atoms with Crippen molar-refractivity contribution in [1.29, 1.82) is 0 Å². The third kappa shape index (κ3) is 7.01. The van der Waals surface area contributed by atoms with Gasteiger partial charge in [-0.25, -0.2) is 4.79 Å². The van der Waals surface area contributed by atoms with Gasteiger partial charge in [0.1, 0.15) is 24.2 Å². The van der Waals surface area contributed by atoms with E-state index in [1.807, 2.05) is 36.4 Å². The number of hydrogen-bond donors (Lipinski definition) is 3. The summed E-state index contributed by atoms with van der Waals surface area (Å²) in [6, 6.07) is 25.2. The third-order valence-electron chi connectivity index (χ3n) is 4.58. The number of aliphatic hydroxyl groups excluding tert-OH is 2. The van der Waals surface area contributed by atoms with Gasteiger partial charge in [0.2, 0.25) is 0 Å². The van der Waals surface area contributed by atoms with Gasteiger partial charge in [-0.1, -0.05) is 48.5 Å². The number of anilines is 1. The first-order chi connectivity index (χ1) is 15.7. The second-order valence-corrected chi connectivity index (χ2v) is 6.94. The molecule has 0 fully saturated rings. The fraction of sp³-hybridized carbons (Fsp3) is 0.240. The number of ether oxygens (including phenoxy) is 3. The molecule has 7 heteroatoms. The maximum absolute atomic E-state index is 12.7. The highest BCUT2D eigenvalue weighted by molar-refractivity contribution is 5.84. The van der Waals surface area contributed by atoms with Crippen LogP contribution in [-0.4, -0.2) is 42.2 Å². The second-order valence-electron chi connectivity index (χ2n) is 6.94. The Hall–Kier alpha value is -3.55. The number of aliphatic hydroxyl groups is 2. The molecule has 0 saturated heterocycles. The molecule has 0 saturated carbocycles. The lowest BCUT2D eigenvalue weighted by Crippen LogP contribution is -2.31. The van der Waals surface area contributed by atoms with Gasteiger partial charge in [0.05, 0.1) is 6.61 Å². The number of nitrogens with one attached hydrogen (secondary N) is 1. The predicted molar refractivity (Wildman–Crippen MR) is 121 cm³/mol. The van der Waals surface area contributed by atoms with Gasteiger partial charge in [-0.2, -0.15) is 0 Å². The van der Waals surface area contributed by atoms with Crippen LogP contribution in [0.15, 0.2) is 84.9 Å². The molecule has 0 bridgehead atoms. The number of carbonyl (C=O) groups excluding carboxylic acids is 1.